The number of nitrogens with zero attached hydrogens (tertiary/aromatic N) is 1. The van der Waals surface area contributed by atoms with E-state index in [4.69, 9.17) is 32.7 Å². The van der Waals surface area contributed by atoms with Crippen LogP contribution in [-0.2, 0) is 19.1 Å². The van der Waals surface area contributed by atoms with E-state index < -0.39 is 17.9 Å². The maximum atomic E-state index is 13.1. The van der Waals surface area contributed by atoms with Gasteiger partial charge in [0.1, 0.15) is 6.61 Å². The number of nitrogens with one attached hydrogen (secondary N) is 1. The molecule has 1 atom stereocenters. The van der Waals surface area contributed by atoms with E-state index in [2.05, 4.69) is 10.2 Å². The average Bonchev–Trinajstić information content (AvgIpc) is 2.73. The molecule has 0 aliphatic carbocycles. The third-order valence-corrected chi connectivity index (χ3v) is 6.90. The van der Waals surface area contributed by atoms with Gasteiger partial charge in [0.2, 0.25) is 0 Å². The number of halogens is 2. The Morgan fingerprint density at radius 2 is 1.75 bits per heavy atom. The number of carbonyl (C=O) groups is 2. The minimum absolute atomic E-state index is 0.272. The fraction of sp³-hybridized carbons (Fsp3) is 0.478. The summed E-state index contributed by atoms with van der Waals surface area (Å²) in [6.07, 6.45) is 1.07. The molecule has 0 fully saturated rings. The van der Waals surface area contributed by atoms with Gasteiger partial charge in [0.05, 0.1) is 34.2 Å². The van der Waals surface area contributed by atoms with Gasteiger partial charge in [-0.1, -0.05) is 35.3 Å². The van der Waals surface area contributed by atoms with Crippen molar-refractivity contribution >= 4 is 46.9 Å². The number of dihydropyridines is 1. The Kier molecular flexibility index (Phi) is 10.4. The molecule has 0 bridgehead atoms. The summed E-state index contributed by atoms with van der Waals surface area (Å²) in [5.74, 6) is -0.117. The lowest BCUT2D eigenvalue weighted by Crippen LogP contribution is -2.32. The van der Waals surface area contributed by atoms with Crippen LogP contribution in [-0.4, -0.2) is 62.7 Å². The van der Waals surface area contributed by atoms with Gasteiger partial charge >= 0.3 is 11.9 Å². The van der Waals surface area contributed by atoms with Gasteiger partial charge in [0, 0.05) is 17.1 Å². The highest BCUT2D eigenvalue weighted by Gasteiger charge is 2.39. The van der Waals surface area contributed by atoms with Crippen molar-refractivity contribution in [2.24, 2.45) is 0 Å². The first kappa shape index (κ1) is 26.6. The van der Waals surface area contributed by atoms with Crippen molar-refractivity contribution in [2.45, 2.75) is 26.2 Å². The van der Waals surface area contributed by atoms with Gasteiger partial charge < -0.3 is 19.7 Å². The molecule has 32 heavy (non-hydrogen) atoms. The van der Waals surface area contributed by atoms with Crippen LogP contribution in [0.1, 0.15) is 31.7 Å². The Morgan fingerprint density at radius 1 is 1.09 bits per heavy atom. The van der Waals surface area contributed by atoms with Crippen LogP contribution in [0.25, 0.3) is 0 Å². The summed E-state index contributed by atoms with van der Waals surface area (Å²) in [6.45, 7) is 4.83. The van der Waals surface area contributed by atoms with Gasteiger partial charge in [-0.3, -0.25) is 0 Å². The molecule has 1 aromatic rings. The van der Waals surface area contributed by atoms with E-state index in [1.165, 1.54) is 7.11 Å². The quantitative estimate of drug-likeness (QED) is 0.371. The number of thioether (sulfide) groups is 1. The van der Waals surface area contributed by atoms with E-state index >= 15 is 0 Å². The van der Waals surface area contributed by atoms with Crippen LogP contribution in [0.5, 0.6) is 0 Å². The number of esters is 2. The number of hydrogen-bond donors (Lipinski definition) is 1. The first-order valence-electron chi connectivity index (χ1n) is 10.3. The Bertz CT molecular complexity index is 915. The molecule has 6 nitrogen and oxygen atoms in total. The topological polar surface area (TPSA) is 67.9 Å². The normalized spacial score (nSPS) is 16.3. The van der Waals surface area contributed by atoms with Gasteiger partial charge in [0.15, 0.2) is 0 Å². The standard InChI is InChI=1S/C23H30Cl2N2O4S/c1-14-18(22(28)30-5)20(16-8-6-9-17(24)21(16)25)19(15(2)26-14)23(29)31-11-13-32-12-7-10-27(3)4/h6,8-9,20,26H,7,10-13H2,1-5H3. The van der Waals surface area contributed by atoms with Crippen LogP contribution in [0.4, 0.5) is 0 Å². The summed E-state index contributed by atoms with van der Waals surface area (Å²) in [5.41, 5.74) is 2.35. The van der Waals surface area contributed by atoms with Crippen molar-refractivity contribution in [3.05, 3.63) is 56.3 Å². The molecule has 1 aliphatic rings. The number of allylic oxidation sites excluding steroid dienone is 2. The van der Waals surface area contributed by atoms with E-state index in [-0.39, 0.29) is 11.6 Å². The van der Waals surface area contributed by atoms with Crippen molar-refractivity contribution in [1.29, 1.82) is 0 Å². The summed E-state index contributed by atoms with van der Waals surface area (Å²) in [5, 5.41) is 3.73. The van der Waals surface area contributed by atoms with Crippen molar-refractivity contribution in [2.75, 3.05) is 45.9 Å². The van der Waals surface area contributed by atoms with Crippen molar-refractivity contribution in [3.8, 4) is 0 Å². The number of methoxy groups -OCH3 is 1. The molecule has 0 saturated heterocycles. The van der Waals surface area contributed by atoms with Crippen molar-refractivity contribution in [1.82, 2.24) is 10.2 Å². The highest BCUT2D eigenvalue weighted by Crippen LogP contribution is 2.43. The van der Waals surface area contributed by atoms with E-state index in [0.29, 0.717) is 38.9 Å². The zero-order valence-electron chi connectivity index (χ0n) is 19.1. The van der Waals surface area contributed by atoms with Gasteiger partial charge in [0.25, 0.3) is 0 Å². The van der Waals surface area contributed by atoms with Gasteiger partial charge in [-0.15, -0.1) is 0 Å². The second-order valence-electron chi connectivity index (χ2n) is 7.68. The molecule has 1 aliphatic heterocycles. The van der Waals surface area contributed by atoms with Crippen LogP contribution >= 0.6 is 35.0 Å². The van der Waals surface area contributed by atoms with Gasteiger partial charge in [-0.05, 0) is 58.3 Å². The average molecular weight is 501 g/mol. The first-order chi connectivity index (χ1) is 15.2. The van der Waals surface area contributed by atoms with Crippen molar-refractivity contribution < 1.29 is 19.1 Å². The third kappa shape index (κ3) is 6.67. The van der Waals surface area contributed by atoms with Crippen LogP contribution in [0.15, 0.2) is 40.7 Å². The van der Waals surface area contributed by atoms with Crippen LogP contribution in [0.2, 0.25) is 10.0 Å². The summed E-state index contributed by atoms with van der Waals surface area (Å²) >= 11 is 14.5. The molecule has 176 valence electrons. The number of carbonyl (C=O) groups excluding carboxylic acids is 2. The molecule has 1 aromatic carbocycles. The van der Waals surface area contributed by atoms with E-state index in [0.717, 1.165) is 18.7 Å². The fourth-order valence-corrected chi connectivity index (χ4v) is 4.71. The Morgan fingerprint density at radius 3 is 2.38 bits per heavy atom. The van der Waals surface area contributed by atoms with Crippen LogP contribution < -0.4 is 5.32 Å². The molecule has 0 spiro atoms. The Balaban J connectivity index is 2.25. The Hall–Kier alpha value is -1.67. The molecular weight excluding hydrogens is 471 g/mol. The largest absolute Gasteiger partial charge is 0.466 e. The number of ether oxygens (including phenoxy) is 2. The SMILES string of the molecule is COC(=O)C1=C(C)NC(C)=C(C(=O)OCCSCCCN(C)C)C1c1cccc(Cl)c1Cl. The zero-order valence-corrected chi connectivity index (χ0v) is 21.4. The maximum absolute atomic E-state index is 13.1. The van der Waals surface area contributed by atoms with Gasteiger partial charge in [-0.2, -0.15) is 11.8 Å². The molecular formula is C23H30Cl2N2O4S. The Labute approximate surface area is 204 Å². The molecule has 0 radical (unpaired) electrons. The molecule has 1 N–H and O–H groups in total. The smallest absolute Gasteiger partial charge is 0.336 e. The molecule has 0 aromatic heterocycles. The molecule has 1 unspecified atom stereocenters. The molecule has 1 heterocycles. The highest BCUT2D eigenvalue weighted by atomic mass is 35.5. The minimum Gasteiger partial charge on any atom is -0.466 e. The first-order valence-corrected chi connectivity index (χ1v) is 12.2. The highest BCUT2D eigenvalue weighted by molar-refractivity contribution is 7.99. The zero-order chi connectivity index (χ0) is 23.8. The lowest BCUT2D eigenvalue weighted by Gasteiger charge is -2.30. The maximum Gasteiger partial charge on any atom is 0.336 e. The third-order valence-electron chi connectivity index (χ3n) is 5.03. The summed E-state index contributed by atoms with van der Waals surface area (Å²) < 4.78 is 10.6. The second-order valence-corrected chi connectivity index (χ2v) is 9.69. The predicted octanol–water partition coefficient (Wildman–Crippen LogP) is 4.63. The fourth-order valence-electron chi connectivity index (χ4n) is 3.56. The van der Waals surface area contributed by atoms with E-state index in [1.54, 1.807) is 43.8 Å². The predicted molar refractivity (Wildman–Crippen MR) is 131 cm³/mol. The van der Waals surface area contributed by atoms with Crippen molar-refractivity contribution in [3.63, 3.8) is 0 Å². The number of hydrogen-bond acceptors (Lipinski definition) is 7. The van der Waals surface area contributed by atoms with E-state index in [1.807, 2.05) is 14.1 Å². The van der Waals surface area contributed by atoms with Crippen LogP contribution in [0.3, 0.4) is 0 Å². The molecule has 0 saturated carbocycles. The molecule has 2 rings (SSSR count). The van der Waals surface area contributed by atoms with E-state index in [9.17, 15) is 9.59 Å². The molecule has 9 heteroatoms. The lowest BCUT2D eigenvalue weighted by atomic mass is 9.80. The van der Waals surface area contributed by atoms with Gasteiger partial charge in [-0.25, -0.2) is 9.59 Å². The summed E-state index contributed by atoms with van der Waals surface area (Å²) in [7, 11) is 5.39. The van der Waals surface area contributed by atoms with Crippen LogP contribution in [0, 0.1) is 0 Å². The molecule has 0 amide bonds. The monoisotopic (exact) mass is 500 g/mol. The minimum atomic E-state index is -0.754. The number of benzene rings is 1. The lowest BCUT2D eigenvalue weighted by molar-refractivity contribution is -0.139. The summed E-state index contributed by atoms with van der Waals surface area (Å²) in [4.78, 5) is 27.9. The second kappa shape index (κ2) is 12.5. The number of rotatable bonds is 10. The summed E-state index contributed by atoms with van der Waals surface area (Å²) in [6, 6.07) is 5.14.